The summed E-state index contributed by atoms with van der Waals surface area (Å²) in [7, 11) is 0. The second-order valence-electron chi connectivity index (χ2n) is 10.3. The number of ether oxygens (including phenoxy) is 1. The lowest BCUT2D eigenvalue weighted by Crippen LogP contribution is -2.61. The maximum atomic E-state index is 13.7. The Hall–Kier alpha value is -2.99. The Bertz CT molecular complexity index is 1040. The normalized spacial score (nSPS) is 37.0. The van der Waals surface area contributed by atoms with Gasteiger partial charge in [-0.2, -0.15) is 0 Å². The van der Waals surface area contributed by atoms with Crippen molar-refractivity contribution in [1.82, 2.24) is 5.32 Å². The minimum absolute atomic E-state index is 0.143. The molecule has 1 amide bonds. The topological polar surface area (TPSA) is 92.7 Å². The lowest BCUT2D eigenvalue weighted by atomic mass is 9.59. The number of allylic oxidation sites excluding steroid dienone is 2. The van der Waals surface area contributed by atoms with Crippen LogP contribution in [0.1, 0.15) is 45.1 Å². The highest BCUT2D eigenvalue weighted by atomic mass is 16.6. The largest absolute Gasteiger partial charge is 0.445 e. The number of rotatable bonds is 2. The lowest BCUT2D eigenvalue weighted by Gasteiger charge is -2.49. The number of ketones is 1. The summed E-state index contributed by atoms with van der Waals surface area (Å²) in [6, 6.07) is 9.53. The van der Waals surface area contributed by atoms with Gasteiger partial charge in [0, 0.05) is 24.5 Å². The number of hydrogen-bond donors (Lipinski definition) is 2. The molecule has 1 saturated carbocycles. The molecule has 1 spiro atoms. The molecule has 4 rings (SSSR count). The molecule has 2 aliphatic heterocycles. The van der Waals surface area contributed by atoms with Gasteiger partial charge in [0.15, 0.2) is 5.78 Å². The Balaban J connectivity index is 1.79. The molecule has 0 bridgehead atoms. The van der Waals surface area contributed by atoms with E-state index in [1.54, 1.807) is 0 Å². The van der Waals surface area contributed by atoms with Crippen LogP contribution in [0, 0.1) is 23.7 Å². The first-order valence-corrected chi connectivity index (χ1v) is 12.6. The number of carbonyl (C=O) groups excluding carboxylic acids is 3. The highest BCUT2D eigenvalue weighted by molar-refractivity contribution is 5.98. The molecule has 2 heterocycles. The van der Waals surface area contributed by atoms with E-state index in [4.69, 9.17) is 4.74 Å². The van der Waals surface area contributed by atoms with Gasteiger partial charge in [-0.3, -0.25) is 9.59 Å². The standard InChI is InChI=1S/C29H35NO5/c1-18-9-7-13-22(31)15-16-25(32)35-29-23(14-8-10-18)27(33)20(3)19(2)26(29)24(30-28(29)34)17-21-11-5-4-6-12-21/h4-6,8,11-12,14-16,18-19,23-24,26-27,33H,3,7,9-10,13,17H2,1-2H3,(H,30,34)/b14-8+,16-15?/t18-,19+,23+,24+,26-,27-,29+/m1/s1. The van der Waals surface area contributed by atoms with Crippen LogP contribution in [0.5, 0.6) is 0 Å². The lowest BCUT2D eigenvalue weighted by molar-refractivity contribution is -0.182. The van der Waals surface area contributed by atoms with Gasteiger partial charge in [-0.25, -0.2) is 4.79 Å². The first-order valence-electron chi connectivity index (χ1n) is 12.6. The van der Waals surface area contributed by atoms with Crippen LogP contribution in [0.15, 0.2) is 66.8 Å². The SMILES string of the molecule is C=C1[C@@H](O)[C@@H]2/C=C/C[C@H](C)CCCC(=O)C=CC(=O)O[C@@]23C(=O)N[C@@H](Cc2ccccc2)[C@H]3[C@H]1C. The summed E-state index contributed by atoms with van der Waals surface area (Å²) >= 11 is 0. The first kappa shape index (κ1) is 25.1. The van der Waals surface area contributed by atoms with Crippen molar-refractivity contribution in [3.8, 4) is 0 Å². The zero-order valence-corrected chi connectivity index (χ0v) is 20.5. The van der Waals surface area contributed by atoms with E-state index < -0.39 is 35.4 Å². The summed E-state index contributed by atoms with van der Waals surface area (Å²) in [5, 5.41) is 14.4. The van der Waals surface area contributed by atoms with Crippen molar-refractivity contribution in [3.05, 3.63) is 72.4 Å². The quantitative estimate of drug-likeness (QED) is 0.501. The molecule has 1 saturated heterocycles. The van der Waals surface area contributed by atoms with Crippen molar-refractivity contribution in [2.24, 2.45) is 23.7 Å². The number of carbonyl (C=O) groups is 3. The molecule has 0 aromatic heterocycles. The average Bonchev–Trinajstić information content (AvgIpc) is 3.09. The molecule has 6 nitrogen and oxygen atoms in total. The third kappa shape index (κ3) is 4.90. The number of hydrogen-bond acceptors (Lipinski definition) is 5. The van der Waals surface area contributed by atoms with Gasteiger partial charge in [0.05, 0.1) is 12.0 Å². The molecule has 1 aromatic carbocycles. The van der Waals surface area contributed by atoms with Gasteiger partial charge in [-0.1, -0.05) is 62.9 Å². The Morgan fingerprint density at radius 2 is 1.89 bits per heavy atom. The number of aliphatic hydroxyl groups excluding tert-OH is 1. The summed E-state index contributed by atoms with van der Waals surface area (Å²) in [6.45, 7) is 8.21. The van der Waals surface area contributed by atoms with E-state index in [1.165, 1.54) is 6.08 Å². The van der Waals surface area contributed by atoms with Crippen molar-refractivity contribution in [1.29, 1.82) is 0 Å². The number of amides is 1. The van der Waals surface area contributed by atoms with Gasteiger partial charge >= 0.3 is 5.97 Å². The van der Waals surface area contributed by atoms with Gasteiger partial charge in [0.2, 0.25) is 5.60 Å². The molecule has 186 valence electrons. The molecule has 2 fully saturated rings. The Labute approximate surface area is 207 Å². The molecule has 6 heteroatoms. The van der Waals surface area contributed by atoms with E-state index in [9.17, 15) is 19.5 Å². The molecule has 3 aliphatic rings. The smallest absolute Gasteiger partial charge is 0.331 e. The van der Waals surface area contributed by atoms with Gasteiger partial charge in [0.25, 0.3) is 5.91 Å². The zero-order chi connectivity index (χ0) is 25.2. The third-order valence-corrected chi connectivity index (χ3v) is 7.91. The van der Waals surface area contributed by atoms with Crippen LogP contribution in [0.3, 0.4) is 0 Å². The molecule has 0 unspecified atom stereocenters. The zero-order valence-electron chi connectivity index (χ0n) is 20.5. The van der Waals surface area contributed by atoms with E-state index >= 15 is 0 Å². The summed E-state index contributed by atoms with van der Waals surface area (Å²) in [4.78, 5) is 38.9. The fraction of sp³-hybridized carbons (Fsp3) is 0.483. The first-order chi connectivity index (χ1) is 16.7. The molecule has 1 aliphatic carbocycles. The van der Waals surface area contributed by atoms with Crippen LogP contribution in [0.4, 0.5) is 0 Å². The van der Waals surface area contributed by atoms with Crippen LogP contribution < -0.4 is 5.32 Å². The van der Waals surface area contributed by atoms with Crippen LogP contribution in [0.25, 0.3) is 0 Å². The van der Waals surface area contributed by atoms with Crippen molar-refractivity contribution < 1.29 is 24.2 Å². The fourth-order valence-corrected chi connectivity index (χ4v) is 6.00. The van der Waals surface area contributed by atoms with Crippen molar-refractivity contribution >= 4 is 17.7 Å². The summed E-state index contributed by atoms with van der Waals surface area (Å²) < 4.78 is 6.01. The third-order valence-electron chi connectivity index (χ3n) is 7.91. The van der Waals surface area contributed by atoms with E-state index in [0.29, 0.717) is 24.3 Å². The van der Waals surface area contributed by atoms with Gasteiger partial charge < -0.3 is 15.2 Å². The number of nitrogens with one attached hydrogen (secondary N) is 1. The summed E-state index contributed by atoms with van der Waals surface area (Å²) in [5.74, 6) is -2.46. The second kappa shape index (κ2) is 10.3. The Kier molecular flexibility index (Phi) is 7.41. The molecular weight excluding hydrogens is 442 g/mol. The molecule has 0 radical (unpaired) electrons. The molecule has 1 aromatic rings. The van der Waals surface area contributed by atoms with Gasteiger partial charge in [-0.15, -0.1) is 0 Å². The highest BCUT2D eigenvalue weighted by Crippen LogP contribution is 2.52. The van der Waals surface area contributed by atoms with E-state index in [-0.39, 0.29) is 17.7 Å². The predicted molar refractivity (Wildman–Crippen MR) is 133 cm³/mol. The van der Waals surface area contributed by atoms with Crippen molar-refractivity contribution in [3.63, 3.8) is 0 Å². The Morgan fingerprint density at radius 1 is 1.14 bits per heavy atom. The molecule has 7 atom stereocenters. The minimum atomic E-state index is -1.60. The van der Waals surface area contributed by atoms with Gasteiger partial charge in [0.1, 0.15) is 0 Å². The summed E-state index contributed by atoms with van der Waals surface area (Å²) in [6.07, 6.45) is 8.39. The van der Waals surface area contributed by atoms with E-state index in [2.05, 4.69) is 18.8 Å². The number of benzene rings is 1. The maximum Gasteiger partial charge on any atom is 0.331 e. The Morgan fingerprint density at radius 3 is 2.63 bits per heavy atom. The van der Waals surface area contributed by atoms with Crippen LogP contribution in [0.2, 0.25) is 0 Å². The minimum Gasteiger partial charge on any atom is -0.445 e. The molecular formula is C29H35NO5. The maximum absolute atomic E-state index is 13.7. The van der Waals surface area contributed by atoms with Crippen LogP contribution in [-0.4, -0.2) is 40.5 Å². The van der Waals surface area contributed by atoms with Crippen molar-refractivity contribution in [2.45, 2.75) is 63.7 Å². The van der Waals surface area contributed by atoms with E-state index in [1.807, 2.05) is 49.4 Å². The predicted octanol–water partition coefficient (Wildman–Crippen LogP) is 3.70. The average molecular weight is 478 g/mol. The molecule has 35 heavy (non-hydrogen) atoms. The van der Waals surface area contributed by atoms with Crippen LogP contribution >= 0.6 is 0 Å². The molecule has 2 N–H and O–H groups in total. The van der Waals surface area contributed by atoms with E-state index in [0.717, 1.165) is 30.9 Å². The second-order valence-corrected chi connectivity index (χ2v) is 10.3. The van der Waals surface area contributed by atoms with Gasteiger partial charge in [-0.05, 0) is 54.7 Å². The van der Waals surface area contributed by atoms with Crippen molar-refractivity contribution in [2.75, 3.05) is 0 Å². The number of aliphatic hydroxyl groups is 1. The monoisotopic (exact) mass is 477 g/mol. The highest BCUT2D eigenvalue weighted by Gasteiger charge is 2.67. The fourth-order valence-electron chi connectivity index (χ4n) is 6.00. The summed E-state index contributed by atoms with van der Waals surface area (Å²) in [5.41, 5.74) is 0.0801. The van der Waals surface area contributed by atoms with Crippen LogP contribution in [-0.2, 0) is 25.5 Å². The number of esters is 1.